The highest BCUT2D eigenvalue weighted by atomic mass is 35.5. The highest BCUT2D eigenvalue weighted by Gasteiger charge is 2.04. The van der Waals surface area contributed by atoms with E-state index in [2.05, 4.69) is 5.32 Å². The molecule has 1 aromatic rings. The molecule has 68 valence electrons. The predicted octanol–water partition coefficient (Wildman–Crippen LogP) is 1.36. The van der Waals surface area contributed by atoms with E-state index in [1.165, 1.54) is 0 Å². The second-order valence-electron chi connectivity index (χ2n) is 2.43. The number of likely N-dealkylation sites (N-methyl/N-ethyl adjacent to an activating group) is 1. The molecule has 0 aromatic heterocycles. The van der Waals surface area contributed by atoms with Gasteiger partial charge in [-0.15, -0.1) is 12.4 Å². The van der Waals surface area contributed by atoms with Crippen molar-refractivity contribution >= 4 is 12.4 Å². The van der Waals surface area contributed by atoms with Crippen LogP contribution in [-0.4, -0.2) is 18.8 Å². The maximum Gasteiger partial charge on any atom is 0.0626 e. The fraction of sp³-hybridized carbons (Fsp3) is 0.333. The van der Waals surface area contributed by atoms with Crippen LogP contribution < -0.4 is 5.32 Å². The van der Waals surface area contributed by atoms with Crippen LogP contribution in [0.3, 0.4) is 0 Å². The Morgan fingerprint density at radius 2 is 1.92 bits per heavy atom. The van der Waals surface area contributed by atoms with Crippen LogP contribution in [0.5, 0.6) is 0 Å². The fourth-order valence-electron chi connectivity index (χ4n) is 1.05. The molecule has 0 aliphatic carbocycles. The summed E-state index contributed by atoms with van der Waals surface area (Å²) in [6.45, 7) is 0.139. The van der Waals surface area contributed by atoms with Crippen molar-refractivity contribution in [2.75, 3.05) is 13.7 Å². The molecule has 0 spiro atoms. The lowest BCUT2D eigenvalue weighted by Crippen LogP contribution is -2.19. The van der Waals surface area contributed by atoms with Gasteiger partial charge in [-0.1, -0.05) is 30.3 Å². The first-order valence-electron chi connectivity index (χ1n) is 3.71. The highest BCUT2D eigenvalue weighted by molar-refractivity contribution is 5.85. The average molecular weight is 188 g/mol. The van der Waals surface area contributed by atoms with Crippen LogP contribution in [0.25, 0.3) is 0 Å². The lowest BCUT2D eigenvalue weighted by molar-refractivity contribution is 0.251. The van der Waals surface area contributed by atoms with E-state index in [4.69, 9.17) is 5.11 Å². The van der Waals surface area contributed by atoms with E-state index in [0.29, 0.717) is 0 Å². The number of rotatable bonds is 3. The smallest absolute Gasteiger partial charge is 0.0626 e. The minimum absolute atomic E-state index is 0. The zero-order chi connectivity index (χ0) is 8.10. The van der Waals surface area contributed by atoms with Crippen molar-refractivity contribution in [1.82, 2.24) is 5.32 Å². The lowest BCUT2D eigenvalue weighted by Gasteiger charge is -2.12. The number of aliphatic hydroxyl groups excluding tert-OH is 1. The summed E-state index contributed by atoms with van der Waals surface area (Å²) >= 11 is 0. The Bertz CT molecular complexity index is 199. The number of halogens is 1. The first-order valence-corrected chi connectivity index (χ1v) is 3.71. The van der Waals surface area contributed by atoms with Crippen molar-refractivity contribution in [3.05, 3.63) is 35.9 Å². The van der Waals surface area contributed by atoms with Crippen LogP contribution in [0.4, 0.5) is 0 Å². The van der Waals surface area contributed by atoms with Crippen molar-refractivity contribution in [1.29, 1.82) is 0 Å². The second kappa shape index (κ2) is 6.00. The van der Waals surface area contributed by atoms with Crippen molar-refractivity contribution in [2.45, 2.75) is 6.04 Å². The van der Waals surface area contributed by atoms with Gasteiger partial charge in [0.2, 0.25) is 0 Å². The van der Waals surface area contributed by atoms with E-state index >= 15 is 0 Å². The van der Waals surface area contributed by atoms with Gasteiger partial charge in [-0.2, -0.15) is 0 Å². The highest BCUT2D eigenvalue weighted by Crippen LogP contribution is 2.09. The summed E-state index contributed by atoms with van der Waals surface area (Å²) < 4.78 is 0. The van der Waals surface area contributed by atoms with Gasteiger partial charge in [-0.05, 0) is 12.6 Å². The molecule has 2 N–H and O–H groups in total. The molecular weight excluding hydrogens is 174 g/mol. The summed E-state index contributed by atoms with van der Waals surface area (Å²) in [4.78, 5) is 0. The molecule has 0 amide bonds. The van der Waals surface area contributed by atoms with Gasteiger partial charge in [-0.25, -0.2) is 0 Å². The number of nitrogens with one attached hydrogen (secondary N) is 1. The molecule has 0 aliphatic rings. The Hall–Kier alpha value is -0.570. The van der Waals surface area contributed by atoms with Gasteiger partial charge in [0.15, 0.2) is 0 Å². The largest absolute Gasteiger partial charge is 0.394 e. The maximum absolute atomic E-state index is 8.92. The minimum Gasteiger partial charge on any atom is -0.394 e. The summed E-state index contributed by atoms with van der Waals surface area (Å²) in [7, 11) is 1.84. The minimum atomic E-state index is 0. The Morgan fingerprint density at radius 3 is 2.33 bits per heavy atom. The first kappa shape index (κ1) is 11.4. The van der Waals surface area contributed by atoms with Crippen molar-refractivity contribution in [2.24, 2.45) is 0 Å². The molecule has 0 fully saturated rings. The summed E-state index contributed by atoms with van der Waals surface area (Å²) in [6, 6.07) is 9.96. The molecule has 1 atom stereocenters. The molecule has 3 heteroatoms. The zero-order valence-corrected chi connectivity index (χ0v) is 7.84. The first-order chi connectivity index (χ1) is 5.38. The summed E-state index contributed by atoms with van der Waals surface area (Å²) in [6.07, 6.45) is 0. The maximum atomic E-state index is 8.92. The number of benzene rings is 1. The normalized spacial score (nSPS) is 11.8. The van der Waals surface area contributed by atoms with Crippen molar-refractivity contribution in [3.8, 4) is 0 Å². The third kappa shape index (κ3) is 2.81. The van der Waals surface area contributed by atoms with Crippen molar-refractivity contribution < 1.29 is 5.11 Å². The average Bonchev–Trinajstić information content (AvgIpc) is 2.09. The summed E-state index contributed by atoms with van der Waals surface area (Å²) in [5, 5.41) is 11.9. The van der Waals surface area contributed by atoms with Gasteiger partial charge in [0.1, 0.15) is 0 Å². The number of hydrogen-bond acceptors (Lipinski definition) is 2. The Morgan fingerprint density at radius 1 is 1.33 bits per heavy atom. The molecule has 12 heavy (non-hydrogen) atoms. The van der Waals surface area contributed by atoms with E-state index in [1.54, 1.807) is 0 Å². The monoisotopic (exact) mass is 187 g/mol. The van der Waals surface area contributed by atoms with E-state index in [1.807, 2.05) is 37.4 Å². The number of hydrogen-bond donors (Lipinski definition) is 2. The third-order valence-electron chi connectivity index (χ3n) is 1.73. The molecular formula is C9H14ClNO. The quantitative estimate of drug-likeness (QED) is 0.749. The second-order valence-corrected chi connectivity index (χ2v) is 2.43. The molecule has 0 saturated heterocycles. The lowest BCUT2D eigenvalue weighted by atomic mass is 10.1. The van der Waals surface area contributed by atoms with Gasteiger partial charge in [0.05, 0.1) is 12.6 Å². The fourth-order valence-corrected chi connectivity index (χ4v) is 1.05. The molecule has 0 bridgehead atoms. The van der Waals surface area contributed by atoms with Crippen molar-refractivity contribution in [3.63, 3.8) is 0 Å². The Labute approximate surface area is 79.0 Å². The van der Waals surface area contributed by atoms with Gasteiger partial charge in [0, 0.05) is 0 Å². The van der Waals surface area contributed by atoms with Gasteiger partial charge < -0.3 is 10.4 Å². The van der Waals surface area contributed by atoms with Gasteiger partial charge in [0.25, 0.3) is 0 Å². The van der Waals surface area contributed by atoms with E-state index in [9.17, 15) is 0 Å². The van der Waals surface area contributed by atoms with Crippen LogP contribution in [0, 0.1) is 0 Å². The van der Waals surface area contributed by atoms with E-state index in [0.717, 1.165) is 5.56 Å². The standard InChI is InChI=1S/C9H13NO.ClH/c1-10-9(7-11)8-5-3-2-4-6-8;/h2-6,9-11H,7H2,1H3;1H/t9-;/m1./s1. The van der Waals surface area contributed by atoms with Crippen LogP contribution in [0.1, 0.15) is 11.6 Å². The van der Waals surface area contributed by atoms with E-state index in [-0.39, 0.29) is 25.1 Å². The van der Waals surface area contributed by atoms with Crippen LogP contribution >= 0.6 is 12.4 Å². The van der Waals surface area contributed by atoms with Gasteiger partial charge >= 0.3 is 0 Å². The van der Waals surface area contributed by atoms with Crippen LogP contribution in [0.15, 0.2) is 30.3 Å². The van der Waals surface area contributed by atoms with E-state index < -0.39 is 0 Å². The van der Waals surface area contributed by atoms with Crippen LogP contribution in [-0.2, 0) is 0 Å². The Kier molecular flexibility index (Phi) is 5.72. The van der Waals surface area contributed by atoms with Crippen LogP contribution in [0.2, 0.25) is 0 Å². The molecule has 1 rings (SSSR count). The SMILES string of the molecule is CN[C@H](CO)c1ccccc1.Cl. The molecule has 0 unspecified atom stereocenters. The Balaban J connectivity index is 0.00000121. The zero-order valence-electron chi connectivity index (χ0n) is 7.03. The summed E-state index contributed by atoms with van der Waals surface area (Å²) in [5.74, 6) is 0. The third-order valence-corrected chi connectivity index (χ3v) is 1.73. The number of aliphatic hydroxyl groups is 1. The molecule has 0 aliphatic heterocycles. The molecule has 1 aromatic carbocycles. The predicted molar refractivity (Wildman–Crippen MR) is 52.6 cm³/mol. The molecule has 0 radical (unpaired) electrons. The molecule has 0 saturated carbocycles. The molecule has 0 heterocycles. The topological polar surface area (TPSA) is 32.3 Å². The summed E-state index contributed by atoms with van der Waals surface area (Å²) in [5.41, 5.74) is 1.12. The van der Waals surface area contributed by atoms with Gasteiger partial charge in [-0.3, -0.25) is 0 Å². The molecule has 2 nitrogen and oxygen atoms in total.